The number of hydrogen-bond donors (Lipinski definition) is 0. The number of carbonyl (C=O) groups excluding carboxylic acids is 1. The van der Waals surface area contributed by atoms with Gasteiger partial charge >= 0.3 is 5.97 Å². The van der Waals surface area contributed by atoms with E-state index in [1.165, 1.54) is 0 Å². The molecule has 0 bridgehead atoms. The molecule has 0 radical (unpaired) electrons. The predicted octanol–water partition coefficient (Wildman–Crippen LogP) is 4.80. The molecule has 1 heterocycles. The molecule has 0 aliphatic heterocycles. The Morgan fingerprint density at radius 2 is 1.97 bits per heavy atom. The van der Waals surface area contributed by atoms with E-state index in [1.807, 2.05) is 54.6 Å². The summed E-state index contributed by atoms with van der Waals surface area (Å²) in [5.41, 5.74) is 5.17. The van der Waals surface area contributed by atoms with Crippen molar-refractivity contribution in [3.05, 3.63) is 70.9 Å². The zero-order valence-electron chi connectivity index (χ0n) is 16.1. The number of hydrogen-bond acceptors (Lipinski definition) is 5. The van der Waals surface area contributed by atoms with Crippen molar-refractivity contribution in [1.29, 1.82) is 5.26 Å². The molecule has 0 saturated heterocycles. The summed E-state index contributed by atoms with van der Waals surface area (Å²) in [6.45, 7) is -0.265. The third-order valence-corrected chi connectivity index (χ3v) is 5.10. The van der Waals surface area contributed by atoms with E-state index in [2.05, 4.69) is 6.08 Å². The quantitative estimate of drug-likeness (QED) is 0.604. The Morgan fingerprint density at radius 1 is 1.17 bits per heavy atom. The molecule has 144 valence electrons. The average Bonchev–Trinajstić information content (AvgIpc) is 2.76. The Morgan fingerprint density at radius 3 is 2.72 bits per heavy atom. The fraction of sp³-hybridized carbons (Fsp3) is 0.208. The lowest BCUT2D eigenvalue weighted by molar-refractivity contribution is 0.0556. The summed E-state index contributed by atoms with van der Waals surface area (Å²) in [6, 6.07) is 17.3. The van der Waals surface area contributed by atoms with Crippen LogP contribution in [0.5, 0.6) is 5.75 Å². The van der Waals surface area contributed by atoms with Crippen molar-refractivity contribution in [3.63, 3.8) is 0 Å². The minimum absolute atomic E-state index is 0.265. The number of allylic oxidation sites excluding steroid dienone is 1. The van der Waals surface area contributed by atoms with Crippen LogP contribution in [0, 0.1) is 11.3 Å². The number of nitrogens with zero attached hydrogens (tertiary/aromatic N) is 2. The fourth-order valence-corrected chi connectivity index (χ4v) is 3.78. The second-order valence-corrected chi connectivity index (χ2v) is 6.86. The molecule has 1 aliphatic rings. The topological polar surface area (TPSA) is 72.2 Å². The maximum Gasteiger partial charge on any atom is 0.340 e. The zero-order valence-corrected chi connectivity index (χ0v) is 16.1. The summed E-state index contributed by atoms with van der Waals surface area (Å²) in [4.78, 5) is 17.7. The van der Waals surface area contributed by atoms with Gasteiger partial charge in [0, 0.05) is 5.39 Å². The first kappa shape index (κ1) is 18.7. The molecule has 29 heavy (non-hydrogen) atoms. The maximum absolute atomic E-state index is 12.8. The molecule has 4 rings (SSSR count). The van der Waals surface area contributed by atoms with Crippen molar-refractivity contribution < 1.29 is 14.3 Å². The summed E-state index contributed by atoms with van der Waals surface area (Å²) >= 11 is 0. The number of para-hydroxylation sites is 1. The zero-order chi connectivity index (χ0) is 20.2. The second-order valence-electron chi connectivity index (χ2n) is 6.86. The summed E-state index contributed by atoms with van der Waals surface area (Å²) in [5, 5.41) is 9.56. The lowest BCUT2D eigenvalue weighted by Crippen LogP contribution is -2.15. The molecule has 1 aromatic heterocycles. The first-order valence-electron chi connectivity index (χ1n) is 9.52. The van der Waals surface area contributed by atoms with E-state index >= 15 is 0 Å². The predicted molar refractivity (Wildman–Crippen MR) is 111 cm³/mol. The van der Waals surface area contributed by atoms with Crippen molar-refractivity contribution in [1.82, 2.24) is 4.98 Å². The van der Waals surface area contributed by atoms with Gasteiger partial charge in [-0.3, -0.25) is 0 Å². The number of nitriles is 1. The van der Waals surface area contributed by atoms with Gasteiger partial charge in [0.1, 0.15) is 11.8 Å². The highest BCUT2D eigenvalue weighted by Gasteiger charge is 2.25. The van der Waals surface area contributed by atoms with Crippen LogP contribution in [0.3, 0.4) is 0 Å². The highest BCUT2D eigenvalue weighted by molar-refractivity contribution is 6.06. The third-order valence-electron chi connectivity index (χ3n) is 5.10. The van der Waals surface area contributed by atoms with Gasteiger partial charge in [0.2, 0.25) is 0 Å². The Bertz CT molecular complexity index is 1140. The molecule has 0 unspecified atom stereocenters. The van der Waals surface area contributed by atoms with Crippen LogP contribution in [-0.4, -0.2) is 24.7 Å². The summed E-state index contributed by atoms with van der Waals surface area (Å²) < 4.78 is 10.4. The maximum atomic E-state index is 12.8. The number of esters is 1. The monoisotopic (exact) mass is 384 g/mol. The highest BCUT2D eigenvalue weighted by Crippen LogP contribution is 2.36. The van der Waals surface area contributed by atoms with Crippen LogP contribution in [0.1, 0.15) is 40.0 Å². The van der Waals surface area contributed by atoms with Gasteiger partial charge in [0.05, 0.1) is 23.9 Å². The Kier molecular flexibility index (Phi) is 5.26. The van der Waals surface area contributed by atoms with E-state index in [0.29, 0.717) is 5.56 Å². The van der Waals surface area contributed by atoms with Gasteiger partial charge in [-0.05, 0) is 60.2 Å². The van der Waals surface area contributed by atoms with Crippen molar-refractivity contribution >= 4 is 28.5 Å². The third kappa shape index (κ3) is 3.70. The summed E-state index contributed by atoms with van der Waals surface area (Å²) in [7, 11) is 1.65. The minimum Gasteiger partial charge on any atom is -0.497 e. The van der Waals surface area contributed by atoms with Crippen LogP contribution in [0.25, 0.3) is 22.6 Å². The number of carbonyl (C=O) groups is 1. The number of rotatable bonds is 4. The van der Waals surface area contributed by atoms with Crippen LogP contribution in [0.15, 0.2) is 48.5 Å². The molecular weight excluding hydrogens is 364 g/mol. The molecule has 5 nitrogen and oxygen atoms in total. The van der Waals surface area contributed by atoms with E-state index in [-0.39, 0.29) is 6.61 Å². The standard InChI is InChI=1S/C24H20N2O3/c1-28-18-11-9-16(10-12-18)15-17-5-4-7-20-22(24(27)29-14-13-25)19-6-2-3-8-21(19)26-23(17)20/h2-3,6,8-12,15H,4-5,7,14H2,1H3/b17-15+. The molecular formula is C24H20N2O3. The summed E-state index contributed by atoms with van der Waals surface area (Å²) in [6.07, 6.45) is 4.68. The van der Waals surface area contributed by atoms with Crippen molar-refractivity contribution in [2.75, 3.05) is 13.7 Å². The number of aromatic nitrogens is 1. The van der Waals surface area contributed by atoms with E-state index < -0.39 is 5.97 Å². The van der Waals surface area contributed by atoms with Crippen LogP contribution >= 0.6 is 0 Å². The first-order chi connectivity index (χ1) is 14.2. The Hall–Kier alpha value is -3.65. The van der Waals surface area contributed by atoms with E-state index in [0.717, 1.165) is 58.3 Å². The Balaban J connectivity index is 1.86. The molecule has 0 fully saturated rings. The molecule has 3 aromatic rings. The Labute approximate surface area is 169 Å². The lowest BCUT2D eigenvalue weighted by Gasteiger charge is -2.22. The van der Waals surface area contributed by atoms with Crippen LogP contribution in [-0.2, 0) is 11.2 Å². The average molecular weight is 384 g/mol. The molecule has 2 aromatic carbocycles. The molecule has 1 aliphatic carbocycles. The van der Waals surface area contributed by atoms with Crippen molar-refractivity contribution in [2.24, 2.45) is 0 Å². The molecule has 5 heteroatoms. The molecule has 0 spiro atoms. The van der Waals surface area contributed by atoms with Crippen molar-refractivity contribution in [3.8, 4) is 11.8 Å². The molecule has 0 saturated carbocycles. The van der Waals surface area contributed by atoms with Crippen LogP contribution < -0.4 is 4.74 Å². The van der Waals surface area contributed by atoms with E-state index in [1.54, 1.807) is 7.11 Å². The SMILES string of the molecule is COc1ccc(/C=C2\CCCc3c2nc2ccccc2c3C(=O)OCC#N)cc1. The van der Waals surface area contributed by atoms with Gasteiger partial charge in [-0.2, -0.15) is 5.26 Å². The van der Waals surface area contributed by atoms with Crippen molar-refractivity contribution in [2.45, 2.75) is 19.3 Å². The lowest BCUT2D eigenvalue weighted by atomic mass is 9.86. The highest BCUT2D eigenvalue weighted by atomic mass is 16.5. The smallest absolute Gasteiger partial charge is 0.340 e. The molecule has 0 N–H and O–H groups in total. The van der Waals surface area contributed by atoms with E-state index in [4.69, 9.17) is 19.7 Å². The number of fused-ring (bicyclic) bond motifs is 2. The van der Waals surface area contributed by atoms with Gasteiger partial charge in [-0.1, -0.05) is 30.3 Å². The van der Waals surface area contributed by atoms with Gasteiger partial charge < -0.3 is 9.47 Å². The number of ether oxygens (including phenoxy) is 2. The van der Waals surface area contributed by atoms with E-state index in [9.17, 15) is 4.79 Å². The minimum atomic E-state index is -0.466. The first-order valence-corrected chi connectivity index (χ1v) is 9.52. The number of benzene rings is 2. The van der Waals surface area contributed by atoms with Gasteiger partial charge in [-0.15, -0.1) is 0 Å². The molecule has 0 atom stereocenters. The molecule has 0 amide bonds. The normalized spacial score (nSPS) is 14.3. The van der Waals surface area contributed by atoms with Gasteiger partial charge in [0.25, 0.3) is 0 Å². The largest absolute Gasteiger partial charge is 0.497 e. The fourth-order valence-electron chi connectivity index (χ4n) is 3.78. The second kappa shape index (κ2) is 8.15. The number of methoxy groups -OCH3 is 1. The van der Waals surface area contributed by atoms with Gasteiger partial charge in [-0.25, -0.2) is 9.78 Å². The summed E-state index contributed by atoms with van der Waals surface area (Å²) in [5.74, 6) is 0.343. The van der Waals surface area contributed by atoms with Crippen LogP contribution in [0.2, 0.25) is 0 Å². The number of pyridine rings is 1. The van der Waals surface area contributed by atoms with Gasteiger partial charge in [0.15, 0.2) is 6.61 Å². The van der Waals surface area contributed by atoms with Crippen LogP contribution in [0.4, 0.5) is 0 Å².